The molecule has 1 unspecified atom stereocenters. The molecule has 1 aliphatic rings. The Kier molecular flexibility index (Phi) is 5.85. The summed E-state index contributed by atoms with van der Waals surface area (Å²) < 4.78 is 18.2. The highest BCUT2D eigenvalue weighted by molar-refractivity contribution is 7.99. The first-order chi connectivity index (χ1) is 14.7. The fourth-order valence-electron chi connectivity index (χ4n) is 3.55. The molecule has 0 radical (unpaired) electrons. The zero-order valence-electron chi connectivity index (χ0n) is 17.1. The Morgan fingerprint density at radius 2 is 1.80 bits per heavy atom. The molecule has 0 bridgehead atoms. The summed E-state index contributed by atoms with van der Waals surface area (Å²) in [4.78, 5) is 15.3. The number of aromatic nitrogens is 2. The van der Waals surface area contributed by atoms with Crippen molar-refractivity contribution >= 4 is 17.7 Å². The molecule has 0 saturated carbocycles. The Bertz CT molecular complexity index is 1040. The first-order valence-corrected chi connectivity index (χ1v) is 10.5. The van der Waals surface area contributed by atoms with Gasteiger partial charge in [-0.1, -0.05) is 6.07 Å². The predicted octanol–water partition coefficient (Wildman–Crippen LogP) is 3.79. The van der Waals surface area contributed by atoms with Gasteiger partial charge in [-0.25, -0.2) is 4.68 Å². The van der Waals surface area contributed by atoms with Gasteiger partial charge in [0.15, 0.2) is 11.5 Å². The number of hydrogen-bond donors (Lipinski definition) is 0. The molecule has 0 aliphatic carbocycles. The molecule has 156 valence electrons. The van der Waals surface area contributed by atoms with Crippen molar-refractivity contribution in [3.05, 3.63) is 66.0 Å². The van der Waals surface area contributed by atoms with Gasteiger partial charge in [-0.3, -0.25) is 4.79 Å². The monoisotopic (exact) mass is 425 g/mol. The predicted molar refractivity (Wildman–Crippen MR) is 116 cm³/mol. The van der Waals surface area contributed by atoms with E-state index in [9.17, 15) is 4.79 Å². The number of hydrogen-bond acceptors (Lipinski definition) is 6. The van der Waals surface area contributed by atoms with E-state index in [4.69, 9.17) is 14.2 Å². The minimum Gasteiger partial charge on any atom is -0.496 e. The third-order valence-corrected chi connectivity index (χ3v) is 6.26. The van der Waals surface area contributed by atoms with E-state index in [1.165, 1.54) is 0 Å². The summed E-state index contributed by atoms with van der Waals surface area (Å²) in [5.41, 5.74) is 2.35. The van der Waals surface area contributed by atoms with Crippen LogP contribution in [0.1, 0.15) is 21.3 Å². The van der Waals surface area contributed by atoms with Gasteiger partial charge in [0.1, 0.15) is 11.1 Å². The van der Waals surface area contributed by atoms with Crippen LogP contribution in [-0.2, 0) is 0 Å². The lowest BCUT2D eigenvalue weighted by Crippen LogP contribution is -2.30. The maximum atomic E-state index is 13.4. The third-order valence-electron chi connectivity index (χ3n) is 5.02. The van der Waals surface area contributed by atoms with Crippen LogP contribution in [0.4, 0.5) is 0 Å². The van der Waals surface area contributed by atoms with E-state index in [1.807, 2.05) is 47.5 Å². The van der Waals surface area contributed by atoms with Gasteiger partial charge in [0.2, 0.25) is 0 Å². The number of methoxy groups -OCH3 is 3. The van der Waals surface area contributed by atoms with Crippen LogP contribution >= 0.6 is 11.8 Å². The van der Waals surface area contributed by atoms with Crippen molar-refractivity contribution < 1.29 is 19.0 Å². The highest BCUT2D eigenvalue weighted by Crippen LogP contribution is 2.46. The molecule has 4 rings (SSSR count). The van der Waals surface area contributed by atoms with E-state index in [2.05, 4.69) is 5.10 Å². The van der Waals surface area contributed by atoms with Crippen molar-refractivity contribution in [3.8, 4) is 22.9 Å². The quantitative estimate of drug-likeness (QED) is 0.599. The Morgan fingerprint density at radius 3 is 2.50 bits per heavy atom. The number of thioether (sulfide) groups is 1. The second-order valence-corrected chi connectivity index (χ2v) is 7.86. The molecule has 2 aromatic carbocycles. The summed E-state index contributed by atoms with van der Waals surface area (Å²) in [6.45, 7) is 0.650. The van der Waals surface area contributed by atoms with E-state index < -0.39 is 0 Å². The first-order valence-electron chi connectivity index (χ1n) is 9.49. The maximum Gasteiger partial charge on any atom is 0.255 e. The SMILES string of the molecule is COc1cc(OC)c(C2SCCN2C(=O)c2cccc(-n3cccn3)c2)cc1OC. The van der Waals surface area contributed by atoms with Gasteiger partial charge in [-0.2, -0.15) is 5.10 Å². The normalized spacial score (nSPS) is 15.8. The second kappa shape index (κ2) is 8.71. The number of rotatable bonds is 6. The molecule has 1 aliphatic heterocycles. The lowest BCUT2D eigenvalue weighted by Gasteiger charge is -2.26. The van der Waals surface area contributed by atoms with Crippen LogP contribution in [0, 0.1) is 0 Å². The number of ether oxygens (including phenoxy) is 3. The smallest absolute Gasteiger partial charge is 0.255 e. The van der Waals surface area contributed by atoms with Crippen molar-refractivity contribution in [1.82, 2.24) is 14.7 Å². The Balaban J connectivity index is 1.68. The summed E-state index contributed by atoms with van der Waals surface area (Å²) in [5.74, 6) is 2.66. The number of carbonyl (C=O) groups excluding carboxylic acids is 1. The van der Waals surface area contributed by atoms with Crippen LogP contribution in [-0.4, -0.2) is 54.2 Å². The summed E-state index contributed by atoms with van der Waals surface area (Å²) in [7, 11) is 4.80. The van der Waals surface area contributed by atoms with Gasteiger partial charge in [0.05, 0.1) is 27.0 Å². The molecule has 2 heterocycles. The van der Waals surface area contributed by atoms with Crippen molar-refractivity contribution in [1.29, 1.82) is 0 Å². The largest absolute Gasteiger partial charge is 0.496 e. The van der Waals surface area contributed by atoms with Gasteiger partial charge in [0.25, 0.3) is 5.91 Å². The molecular weight excluding hydrogens is 402 g/mol. The molecule has 1 atom stereocenters. The summed E-state index contributed by atoms with van der Waals surface area (Å²) in [5, 5.41) is 4.07. The van der Waals surface area contributed by atoms with Gasteiger partial charge >= 0.3 is 0 Å². The summed E-state index contributed by atoms with van der Waals surface area (Å²) in [6.07, 6.45) is 3.57. The highest BCUT2D eigenvalue weighted by atomic mass is 32.2. The molecule has 1 amide bonds. The van der Waals surface area contributed by atoms with Crippen molar-refractivity contribution in [3.63, 3.8) is 0 Å². The van der Waals surface area contributed by atoms with Crippen LogP contribution in [0.5, 0.6) is 17.2 Å². The van der Waals surface area contributed by atoms with Crippen LogP contribution in [0.2, 0.25) is 0 Å². The number of benzene rings is 2. The van der Waals surface area contributed by atoms with Crippen molar-refractivity contribution in [2.75, 3.05) is 33.6 Å². The zero-order valence-corrected chi connectivity index (χ0v) is 17.9. The highest BCUT2D eigenvalue weighted by Gasteiger charge is 2.34. The second-order valence-electron chi connectivity index (χ2n) is 6.67. The van der Waals surface area contributed by atoms with E-state index in [-0.39, 0.29) is 11.3 Å². The molecule has 0 spiro atoms. The van der Waals surface area contributed by atoms with E-state index in [0.717, 1.165) is 17.0 Å². The number of amides is 1. The average molecular weight is 426 g/mol. The Labute approximate surface area is 179 Å². The van der Waals surface area contributed by atoms with Gasteiger partial charge in [-0.05, 0) is 30.3 Å². The van der Waals surface area contributed by atoms with Crippen LogP contribution < -0.4 is 14.2 Å². The van der Waals surface area contributed by atoms with Crippen LogP contribution in [0.15, 0.2) is 54.9 Å². The van der Waals surface area contributed by atoms with Crippen LogP contribution in [0.3, 0.4) is 0 Å². The molecule has 0 N–H and O–H groups in total. The minimum absolute atomic E-state index is 0.0316. The lowest BCUT2D eigenvalue weighted by molar-refractivity contribution is 0.0759. The van der Waals surface area contributed by atoms with Gasteiger partial charge in [-0.15, -0.1) is 11.8 Å². The van der Waals surface area contributed by atoms with E-state index >= 15 is 0 Å². The van der Waals surface area contributed by atoms with E-state index in [0.29, 0.717) is 29.4 Å². The fraction of sp³-hybridized carbons (Fsp3) is 0.273. The molecule has 1 saturated heterocycles. The first kappa shape index (κ1) is 20.2. The van der Waals surface area contributed by atoms with Crippen molar-refractivity contribution in [2.45, 2.75) is 5.37 Å². The molecule has 1 aromatic heterocycles. The number of carbonyl (C=O) groups is 1. The Morgan fingerprint density at radius 1 is 1.03 bits per heavy atom. The molecule has 1 fully saturated rings. The molecule has 3 aromatic rings. The maximum absolute atomic E-state index is 13.4. The molecular formula is C22H23N3O4S. The summed E-state index contributed by atoms with van der Waals surface area (Å²) in [6, 6.07) is 13.0. The molecule has 7 nitrogen and oxygen atoms in total. The van der Waals surface area contributed by atoms with Gasteiger partial charge in [0, 0.05) is 41.9 Å². The number of nitrogens with zero attached hydrogens (tertiary/aromatic N) is 3. The van der Waals surface area contributed by atoms with Crippen molar-refractivity contribution in [2.24, 2.45) is 0 Å². The molecule has 8 heteroatoms. The summed E-state index contributed by atoms with van der Waals surface area (Å²) >= 11 is 1.70. The zero-order chi connectivity index (χ0) is 21.1. The van der Waals surface area contributed by atoms with Gasteiger partial charge < -0.3 is 19.1 Å². The lowest BCUT2D eigenvalue weighted by atomic mass is 10.1. The molecule has 30 heavy (non-hydrogen) atoms. The minimum atomic E-state index is -0.180. The standard InChI is InChI=1S/C22H23N3O4S/c1-27-18-14-20(29-3)19(28-2)13-17(18)22-24(10-11-30-22)21(26)15-6-4-7-16(12-15)25-9-5-8-23-25/h4-9,12-14,22H,10-11H2,1-3H3. The third kappa shape index (κ3) is 3.70. The van der Waals surface area contributed by atoms with E-state index in [1.54, 1.807) is 50.0 Å². The van der Waals surface area contributed by atoms with Crippen LogP contribution in [0.25, 0.3) is 5.69 Å². The topological polar surface area (TPSA) is 65.8 Å². The Hall–Kier alpha value is -3.13. The average Bonchev–Trinajstić information content (AvgIpc) is 3.50. The fourth-order valence-corrected chi connectivity index (χ4v) is 4.82.